The minimum atomic E-state index is -0.654. The van der Waals surface area contributed by atoms with Crippen LogP contribution in [0.1, 0.15) is 5.56 Å². The summed E-state index contributed by atoms with van der Waals surface area (Å²) in [5.74, 6) is 0. The van der Waals surface area contributed by atoms with Crippen LogP contribution in [0.25, 0.3) is 11.4 Å². The number of nitrogens with zero attached hydrogens (tertiary/aromatic N) is 4. The lowest BCUT2D eigenvalue weighted by Gasteiger charge is -1.99. The number of aromatic nitrogens is 2. The van der Waals surface area contributed by atoms with E-state index in [0.717, 1.165) is 17.3 Å². The van der Waals surface area contributed by atoms with E-state index in [1.165, 1.54) is 12.1 Å². The van der Waals surface area contributed by atoms with Crippen LogP contribution in [0.15, 0.2) is 61.2 Å². The Labute approximate surface area is 136 Å². The highest BCUT2D eigenvalue weighted by Gasteiger charge is 2.24. The van der Waals surface area contributed by atoms with Crippen molar-refractivity contribution in [3.63, 3.8) is 0 Å². The molecule has 8 heteroatoms. The first kappa shape index (κ1) is 15.3. The summed E-state index contributed by atoms with van der Waals surface area (Å²) in [7, 11) is 0. The molecule has 0 fully saturated rings. The Balaban J connectivity index is 2.05. The second-order valence-corrected chi connectivity index (χ2v) is 5.25. The topological polar surface area (TPSA) is 95.1 Å². The molecule has 8 nitrogen and oxygen atoms in total. The Morgan fingerprint density at radius 3 is 2.33 bits per heavy atom. The van der Waals surface area contributed by atoms with Gasteiger partial charge < -0.3 is 0 Å². The van der Waals surface area contributed by atoms with Crippen molar-refractivity contribution in [1.82, 2.24) is 4.57 Å². The van der Waals surface area contributed by atoms with Gasteiger partial charge in [-0.15, -0.1) is 0 Å². The van der Waals surface area contributed by atoms with Crippen LogP contribution in [0.2, 0.25) is 0 Å². The summed E-state index contributed by atoms with van der Waals surface area (Å²) >= 11 is 0. The SMILES string of the molecule is Cc1ccc(-n2cc[n+](-c3ccc([N+](=O)[O-])cc3[N+](=O)[O-])c2)cc1. The summed E-state index contributed by atoms with van der Waals surface area (Å²) < 4.78 is 3.37. The predicted molar refractivity (Wildman–Crippen MR) is 85.3 cm³/mol. The zero-order valence-electron chi connectivity index (χ0n) is 12.7. The number of rotatable bonds is 4. The average molecular weight is 325 g/mol. The highest BCUT2D eigenvalue weighted by molar-refractivity contribution is 5.53. The Kier molecular flexibility index (Phi) is 3.78. The summed E-state index contributed by atoms with van der Waals surface area (Å²) in [5, 5.41) is 22.1. The molecule has 0 bridgehead atoms. The highest BCUT2D eigenvalue weighted by atomic mass is 16.6. The lowest BCUT2D eigenvalue weighted by atomic mass is 10.2. The molecule has 1 aromatic heterocycles. The van der Waals surface area contributed by atoms with Crippen molar-refractivity contribution in [3.05, 3.63) is 87.0 Å². The zero-order valence-corrected chi connectivity index (χ0v) is 12.7. The molecule has 0 spiro atoms. The number of hydrogen-bond acceptors (Lipinski definition) is 4. The molecule has 3 aromatic rings. The first-order valence-electron chi connectivity index (χ1n) is 7.05. The molecule has 120 valence electrons. The van der Waals surface area contributed by atoms with Crippen LogP contribution in [0.5, 0.6) is 0 Å². The molecule has 0 aliphatic rings. The lowest BCUT2D eigenvalue weighted by molar-refractivity contribution is -0.600. The summed E-state index contributed by atoms with van der Waals surface area (Å²) in [6.07, 6.45) is 5.10. The van der Waals surface area contributed by atoms with Crippen LogP contribution in [-0.2, 0) is 0 Å². The van der Waals surface area contributed by atoms with Gasteiger partial charge in [-0.05, 0) is 25.1 Å². The van der Waals surface area contributed by atoms with Crippen molar-refractivity contribution in [3.8, 4) is 11.4 Å². The summed E-state index contributed by atoms with van der Waals surface area (Å²) in [5.41, 5.74) is 1.66. The monoisotopic (exact) mass is 325 g/mol. The van der Waals surface area contributed by atoms with Gasteiger partial charge in [0.25, 0.3) is 12.0 Å². The van der Waals surface area contributed by atoms with Gasteiger partial charge in [-0.2, -0.15) is 4.57 Å². The summed E-state index contributed by atoms with van der Waals surface area (Å²) in [6.45, 7) is 1.99. The Bertz CT molecular complexity index is 932. The normalized spacial score (nSPS) is 10.5. The number of benzene rings is 2. The fraction of sp³-hybridized carbons (Fsp3) is 0.0625. The van der Waals surface area contributed by atoms with Crippen LogP contribution in [0.4, 0.5) is 11.4 Å². The average Bonchev–Trinajstić information content (AvgIpc) is 3.04. The van der Waals surface area contributed by atoms with Crippen molar-refractivity contribution in [2.75, 3.05) is 0 Å². The van der Waals surface area contributed by atoms with Gasteiger partial charge in [0.15, 0.2) is 0 Å². The van der Waals surface area contributed by atoms with E-state index in [1.807, 2.05) is 35.8 Å². The Morgan fingerprint density at radius 1 is 1.00 bits per heavy atom. The third-order valence-electron chi connectivity index (χ3n) is 3.61. The van der Waals surface area contributed by atoms with E-state index >= 15 is 0 Å². The quantitative estimate of drug-likeness (QED) is 0.418. The molecular weight excluding hydrogens is 312 g/mol. The molecule has 0 unspecified atom stereocenters. The number of nitro benzene ring substituents is 2. The molecule has 0 amide bonds. The predicted octanol–water partition coefficient (Wildman–Crippen LogP) is 2.88. The van der Waals surface area contributed by atoms with E-state index in [-0.39, 0.29) is 17.1 Å². The van der Waals surface area contributed by atoms with Gasteiger partial charge in [-0.25, -0.2) is 4.57 Å². The van der Waals surface area contributed by atoms with Gasteiger partial charge in [0.05, 0.1) is 15.9 Å². The molecule has 0 radical (unpaired) electrons. The number of hydrogen-bond donors (Lipinski definition) is 0. The fourth-order valence-electron chi connectivity index (χ4n) is 2.36. The van der Waals surface area contributed by atoms with Crippen LogP contribution < -0.4 is 4.57 Å². The first-order valence-corrected chi connectivity index (χ1v) is 7.05. The Morgan fingerprint density at radius 2 is 1.71 bits per heavy atom. The second kappa shape index (κ2) is 5.92. The second-order valence-electron chi connectivity index (χ2n) is 5.25. The molecule has 0 atom stereocenters. The third kappa shape index (κ3) is 2.84. The minimum absolute atomic E-state index is 0.261. The van der Waals surface area contributed by atoms with Crippen molar-refractivity contribution in [2.45, 2.75) is 6.92 Å². The molecule has 1 heterocycles. The maximum absolute atomic E-state index is 11.2. The highest BCUT2D eigenvalue weighted by Crippen LogP contribution is 2.24. The molecule has 24 heavy (non-hydrogen) atoms. The summed E-state index contributed by atoms with van der Waals surface area (Å²) in [6, 6.07) is 11.4. The van der Waals surface area contributed by atoms with Crippen molar-refractivity contribution in [2.24, 2.45) is 0 Å². The standard InChI is InChI=1S/C16H13N4O4/c1-12-2-4-13(5-3-12)17-8-9-18(11-17)15-7-6-14(19(21)22)10-16(15)20(23)24/h2-11H,1H3/q+1. The molecule has 0 saturated carbocycles. The molecule has 0 N–H and O–H groups in total. The van der Waals surface area contributed by atoms with Gasteiger partial charge in [-0.3, -0.25) is 20.2 Å². The van der Waals surface area contributed by atoms with Crippen LogP contribution >= 0.6 is 0 Å². The molecule has 2 aromatic carbocycles. The number of imidazole rings is 1. The van der Waals surface area contributed by atoms with Crippen LogP contribution in [-0.4, -0.2) is 14.4 Å². The third-order valence-corrected chi connectivity index (χ3v) is 3.61. The van der Waals surface area contributed by atoms with E-state index in [4.69, 9.17) is 0 Å². The summed E-state index contributed by atoms with van der Waals surface area (Å²) in [4.78, 5) is 20.8. The van der Waals surface area contributed by atoms with Crippen molar-refractivity contribution >= 4 is 11.4 Å². The first-order chi connectivity index (χ1) is 11.5. The maximum Gasteiger partial charge on any atom is 0.322 e. The molecule has 0 aliphatic heterocycles. The molecule has 0 saturated heterocycles. The van der Waals surface area contributed by atoms with Crippen LogP contribution in [0, 0.1) is 27.2 Å². The van der Waals surface area contributed by atoms with Crippen molar-refractivity contribution < 1.29 is 14.4 Å². The van der Waals surface area contributed by atoms with E-state index < -0.39 is 9.85 Å². The minimum Gasteiger partial charge on any atom is -0.258 e. The number of nitro groups is 2. The van der Waals surface area contributed by atoms with E-state index in [0.29, 0.717) is 0 Å². The number of aryl methyl sites for hydroxylation is 1. The Hall–Kier alpha value is -3.55. The molecule has 0 aliphatic carbocycles. The maximum atomic E-state index is 11.2. The van der Waals surface area contributed by atoms with Crippen LogP contribution in [0.3, 0.4) is 0 Å². The van der Waals surface area contributed by atoms with E-state index in [2.05, 4.69) is 0 Å². The largest absolute Gasteiger partial charge is 0.322 e. The van der Waals surface area contributed by atoms with Crippen molar-refractivity contribution in [1.29, 1.82) is 0 Å². The van der Waals surface area contributed by atoms with E-state index in [9.17, 15) is 20.2 Å². The fourth-order valence-corrected chi connectivity index (χ4v) is 2.36. The lowest BCUT2D eigenvalue weighted by Crippen LogP contribution is -2.28. The van der Waals surface area contributed by atoms with Gasteiger partial charge >= 0.3 is 5.69 Å². The molecular formula is C16H13N4O4+. The van der Waals surface area contributed by atoms with E-state index in [1.54, 1.807) is 23.3 Å². The molecule has 3 rings (SSSR count). The van der Waals surface area contributed by atoms with Gasteiger partial charge in [-0.1, -0.05) is 17.7 Å². The van der Waals surface area contributed by atoms with Gasteiger partial charge in [0.2, 0.25) is 5.69 Å². The number of non-ortho nitro benzene ring substituents is 1. The van der Waals surface area contributed by atoms with Gasteiger partial charge in [0, 0.05) is 6.07 Å². The smallest absolute Gasteiger partial charge is 0.258 e. The van der Waals surface area contributed by atoms with Gasteiger partial charge in [0.1, 0.15) is 18.1 Å². The zero-order chi connectivity index (χ0) is 17.3.